The maximum Gasteiger partial charge on any atom is 0.273 e. The summed E-state index contributed by atoms with van der Waals surface area (Å²) in [6.45, 7) is 6.46. The normalized spacial score (nSPS) is 14.6. The topological polar surface area (TPSA) is 45.2 Å². The lowest BCUT2D eigenvalue weighted by molar-refractivity contribution is 0.0618. The van der Waals surface area contributed by atoms with Crippen LogP contribution in [0.25, 0.3) is 0 Å². The van der Waals surface area contributed by atoms with E-state index < -0.39 is 0 Å². The third-order valence-electron chi connectivity index (χ3n) is 3.90. The van der Waals surface area contributed by atoms with E-state index in [9.17, 15) is 4.79 Å². The van der Waals surface area contributed by atoms with E-state index in [1.807, 2.05) is 48.4 Å². The molecule has 0 atom stereocenters. The molecule has 1 aliphatic heterocycles. The summed E-state index contributed by atoms with van der Waals surface area (Å²) in [6, 6.07) is 7.95. The minimum absolute atomic E-state index is 0.00752. The zero-order valence-corrected chi connectivity index (χ0v) is 15.7. The third-order valence-corrected chi connectivity index (χ3v) is 4.73. The molecule has 1 aliphatic rings. The van der Waals surface area contributed by atoms with Crippen LogP contribution in [0.15, 0.2) is 35.2 Å². The van der Waals surface area contributed by atoms with Crippen molar-refractivity contribution in [2.75, 3.05) is 13.1 Å². The van der Waals surface area contributed by atoms with Crippen LogP contribution in [0, 0.1) is 0 Å². The molecular weight excluding hydrogens is 342 g/mol. The molecule has 1 fully saturated rings. The summed E-state index contributed by atoms with van der Waals surface area (Å²) in [5.41, 5.74) is 3.29. The van der Waals surface area contributed by atoms with Crippen LogP contribution in [-0.2, 0) is 6.54 Å². The van der Waals surface area contributed by atoms with Gasteiger partial charge in [0, 0.05) is 23.0 Å². The van der Waals surface area contributed by atoms with Crippen LogP contribution in [0.1, 0.15) is 42.7 Å². The van der Waals surface area contributed by atoms with Gasteiger partial charge in [-0.05, 0) is 43.6 Å². The van der Waals surface area contributed by atoms with Crippen molar-refractivity contribution in [1.29, 1.82) is 0 Å². The number of hydrogen-bond acceptors (Lipinski definition) is 4. The van der Waals surface area contributed by atoms with E-state index in [1.54, 1.807) is 5.51 Å². The van der Waals surface area contributed by atoms with Crippen LogP contribution in [0.5, 0.6) is 0 Å². The van der Waals surface area contributed by atoms with Crippen LogP contribution >= 0.6 is 22.9 Å². The Bertz CT molecular complexity index is 627. The van der Waals surface area contributed by atoms with Gasteiger partial charge < -0.3 is 10.2 Å². The zero-order valence-electron chi connectivity index (χ0n) is 14.2. The Balaban J connectivity index is 0.00000100. The molecule has 1 N–H and O–H groups in total. The number of nitrogens with zero attached hydrogens (tertiary/aromatic N) is 2. The summed E-state index contributed by atoms with van der Waals surface area (Å²) < 4.78 is 0. The number of piperidine rings is 1. The Kier molecular flexibility index (Phi) is 7.69. The average Bonchev–Trinajstić information content (AvgIpc) is 3.16. The molecule has 0 bridgehead atoms. The van der Waals surface area contributed by atoms with Gasteiger partial charge in [0.05, 0.1) is 5.51 Å². The fourth-order valence-electron chi connectivity index (χ4n) is 2.78. The van der Waals surface area contributed by atoms with Crippen molar-refractivity contribution in [2.24, 2.45) is 0 Å². The summed E-state index contributed by atoms with van der Waals surface area (Å²) in [5.74, 6) is 0.00752. The van der Waals surface area contributed by atoms with Gasteiger partial charge in [0.15, 0.2) is 0 Å². The lowest BCUT2D eigenvalue weighted by Gasteiger charge is -2.34. The number of hydrogen-bond donors (Lipinski definition) is 1. The van der Waals surface area contributed by atoms with Crippen LogP contribution in [0.3, 0.4) is 0 Å². The van der Waals surface area contributed by atoms with Crippen LogP contribution < -0.4 is 5.32 Å². The maximum atomic E-state index is 12.8. The quantitative estimate of drug-likeness (QED) is 0.882. The summed E-state index contributed by atoms with van der Waals surface area (Å²) >= 11 is 7.52. The summed E-state index contributed by atoms with van der Waals surface area (Å²) in [5, 5.41) is 5.86. The lowest BCUT2D eigenvalue weighted by Crippen LogP contribution is -2.45. The van der Waals surface area contributed by atoms with E-state index in [4.69, 9.17) is 11.6 Å². The van der Waals surface area contributed by atoms with Gasteiger partial charge in [0.2, 0.25) is 0 Å². The smallest absolute Gasteiger partial charge is 0.273 e. The predicted octanol–water partition coefficient (Wildman–Crippen LogP) is 4.22. The second kappa shape index (κ2) is 9.77. The predicted molar refractivity (Wildman–Crippen MR) is 101 cm³/mol. The van der Waals surface area contributed by atoms with Crippen LogP contribution in [-0.4, -0.2) is 34.9 Å². The molecule has 1 aromatic carbocycles. The molecule has 1 saturated heterocycles. The molecule has 1 aromatic heterocycles. The zero-order chi connectivity index (χ0) is 17.4. The molecule has 3 rings (SSSR count). The highest BCUT2D eigenvalue weighted by atomic mass is 35.5. The van der Waals surface area contributed by atoms with Gasteiger partial charge in [0.25, 0.3) is 5.91 Å². The van der Waals surface area contributed by atoms with E-state index in [1.165, 1.54) is 11.3 Å². The van der Waals surface area contributed by atoms with Gasteiger partial charge in [-0.2, -0.15) is 0 Å². The van der Waals surface area contributed by atoms with Crippen LogP contribution in [0.2, 0.25) is 5.02 Å². The highest BCUT2D eigenvalue weighted by Crippen LogP contribution is 2.20. The van der Waals surface area contributed by atoms with Gasteiger partial charge in [-0.3, -0.25) is 4.79 Å². The molecule has 0 aliphatic carbocycles. The number of nitrogens with one attached hydrogen (secondary N) is 1. The highest BCUT2D eigenvalue weighted by Gasteiger charge is 2.27. The first-order chi connectivity index (χ1) is 11.7. The van der Waals surface area contributed by atoms with Gasteiger partial charge in [-0.25, -0.2) is 4.98 Å². The van der Waals surface area contributed by atoms with Gasteiger partial charge >= 0.3 is 0 Å². The minimum Gasteiger partial charge on any atom is -0.330 e. The Labute approximate surface area is 152 Å². The number of halogens is 1. The van der Waals surface area contributed by atoms with Crippen molar-refractivity contribution in [1.82, 2.24) is 15.2 Å². The molecular formula is C18H24ClN3OS. The van der Waals surface area contributed by atoms with E-state index in [0.717, 1.165) is 31.5 Å². The average molecular weight is 366 g/mol. The Morgan fingerprint density at radius 1 is 1.38 bits per heavy atom. The first kappa shape index (κ1) is 18.9. The molecule has 0 spiro atoms. The van der Waals surface area contributed by atoms with Gasteiger partial charge in [0.1, 0.15) is 5.69 Å². The third kappa shape index (κ3) is 5.03. The fraction of sp³-hybridized carbons (Fsp3) is 0.444. The van der Waals surface area contributed by atoms with Crippen molar-refractivity contribution >= 4 is 28.8 Å². The Morgan fingerprint density at radius 2 is 2.12 bits per heavy atom. The first-order valence-corrected chi connectivity index (χ1v) is 9.70. The molecule has 2 aromatic rings. The molecule has 1 amide bonds. The fourth-order valence-corrected chi connectivity index (χ4v) is 3.52. The number of benzene rings is 1. The van der Waals surface area contributed by atoms with Gasteiger partial charge in [-0.15, -0.1) is 11.3 Å². The Morgan fingerprint density at radius 3 is 2.75 bits per heavy atom. The number of amides is 1. The van der Waals surface area contributed by atoms with Crippen molar-refractivity contribution < 1.29 is 4.79 Å². The second-order valence-corrected chi connectivity index (χ2v) is 6.57. The number of rotatable bonds is 4. The number of carbonyl (C=O) groups excluding carboxylic acids is 1. The molecule has 0 saturated carbocycles. The van der Waals surface area contributed by atoms with E-state index >= 15 is 0 Å². The number of aromatic nitrogens is 1. The van der Waals surface area contributed by atoms with E-state index in [0.29, 0.717) is 17.3 Å². The number of carbonyl (C=O) groups is 1. The maximum absolute atomic E-state index is 12.8. The summed E-state index contributed by atoms with van der Waals surface area (Å²) in [4.78, 5) is 18.9. The Hall–Kier alpha value is -1.43. The largest absolute Gasteiger partial charge is 0.330 e. The van der Waals surface area contributed by atoms with Crippen molar-refractivity contribution in [2.45, 2.75) is 39.3 Å². The lowest BCUT2D eigenvalue weighted by atomic mass is 10.0. The molecule has 6 heteroatoms. The monoisotopic (exact) mass is 365 g/mol. The summed E-state index contributed by atoms with van der Waals surface area (Å²) in [7, 11) is 0. The van der Waals surface area contributed by atoms with E-state index in [2.05, 4.69) is 10.3 Å². The number of thiazole rings is 1. The molecule has 2 heterocycles. The van der Waals surface area contributed by atoms with Crippen LogP contribution in [0.4, 0.5) is 0 Å². The second-order valence-electron chi connectivity index (χ2n) is 5.42. The van der Waals surface area contributed by atoms with Crippen molar-refractivity contribution in [3.05, 3.63) is 51.4 Å². The molecule has 130 valence electrons. The highest BCUT2D eigenvalue weighted by molar-refractivity contribution is 7.07. The minimum atomic E-state index is 0.00752. The van der Waals surface area contributed by atoms with Gasteiger partial charge in [-0.1, -0.05) is 37.6 Å². The molecule has 4 nitrogen and oxygen atoms in total. The molecule has 0 unspecified atom stereocenters. The summed E-state index contributed by atoms with van der Waals surface area (Å²) in [6.07, 6.45) is 1.94. The molecule has 24 heavy (non-hydrogen) atoms. The molecule has 0 radical (unpaired) electrons. The van der Waals surface area contributed by atoms with E-state index in [-0.39, 0.29) is 11.9 Å². The SMILES string of the molecule is CC.O=C(c1cscn1)N(Cc1cccc(Cl)c1)C1CCNCC1. The standard InChI is InChI=1S/C16H18ClN3OS.C2H6/c17-13-3-1-2-12(8-13)9-20(14-4-6-18-7-5-14)16(21)15-10-22-11-19-15;1-2/h1-3,8,10-11,14,18H,4-7,9H2;1-2H3. The van der Waals surface area contributed by atoms with Crippen molar-refractivity contribution in [3.63, 3.8) is 0 Å². The first-order valence-electron chi connectivity index (χ1n) is 8.38. The van der Waals surface area contributed by atoms with Crippen molar-refractivity contribution in [3.8, 4) is 0 Å².